The topological polar surface area (TPSA) is 66.4 Å². The third-order valence-corrected chi connectivity index (χ3v) is 4.43. The maximum atomic E-state index is 12.4. The van der Waals surface area contributed by atoms with Gasteiger partial charge in [0.15, 0.2) is 0 Å². The molecule has 2 aromatic rings. The molecule has 0 aliphatic heterocycles. The zero-order valence-corrected chi connectivity index (χ0v) is 14.6. The maximum absolute atomic E-state index is 12.4. The van der Waals surface area contributed by atoms with E-state index in [2.05, 4.69) is 21.2 Å². The van der Waals surface area contributed by atoms with E-state index in [1.54, 1.807) is 18.2 Å². The van der Waals surface area contributed by atoms with Crippen molar-refractivity contribution in [2.24, 2.45) is 0 Å². The Morgan fingerprint density at radius 1 is 1.18 bits per heavy atom. The third kappa shape index (κ3) is 3.82. The van der Waals surface area contributed by atoms with Crippen molar-refractivity contribution in [3.8, 4) is 0 Å². The Morgan fingerprint density at radius 3 is 2.55 bits per heavy atom. The lowest BCUT2D eigenvalue weighted by atomic mass is 10.1. The molecule has 22 heavy (non-hydrogen) atoms. The highest BCUT2D eigenvalue weighted by Crippen LogP contribution is 2.26. The first-order valence-corrected chi connectivity index (χ1v) is 8.49. The van der Waals surface area contributed by atoms with Crippen molar-refractivity contribution in [3.05, 3.63) is 57.0 Å². The Kier molecular flexibility index (Phi) is 5.50. The molecule has 2 aromatic carbocycles. The van der Waals surface area contributed by atoms with E-state index in [-0.39, 0.29) is 11.3 Å². The van der Waals surface area contributed by atoms with Gasteiger partial charge in [0.05, 0.1) is 21.8 Å². The van der Waals surface area contributed by atoms with Gasteiger partial charge >= 0.3 is 5.97 Å². The van der Waals surface area contributed by atoms with Crippen LogP contribution in [-0.2, 0) is 0 Å². The summed E-state index contributed by atoms with van der Waals surface area (Å²) in [5.74, 6) is -1.58. The Balaban J connectivity index is 2.35. The summed E-state index contributed by atoms with van der Waals surface area (Å²) in [5, 5.41) is 12.1. The van der Waals surface area contributed by atoms with Crippen molar-refractivity contribution in [2.75, 3.05) is 11.6 Å². The van der Waals surface area contributed by atoms with Crippen LogP contribution in [0.2, 0.25) is 5.02 Å². The highest BCUT2D eigenvalue weighted by molar-refractivity contribution is 9.10. The molecule has 0 fully saturated rings. The third-order valence-electron chi connectivity index (χ3n) is 2.88. The van der Waals surface area contributed by atoms with Gasteiger partial charge in [-0.25, -0.2) is 4.79 Å². The first kappa shape index (κ1) is 16.9. The van der Waals surface area contributed by atoms with Gasteiger partial charge < -0.3 is 10.4 Å². The first-order chi connectivity index (χ1) is 10.4. The monoisotopic (exact) mass is 399 g/mol. The van der Waals surface area contributed by atoms with Crippen LogP contribution in [0, 0.1) is 0 Å². The van der Waals surface area contributed by atoms with Gasteiger partial charge in [-0.05, 0) is 42.7 Å². The van der Waals surface area contributed by atoms with Crippen molar-refractivity contribution in [1.29, 1.82) is 0 Å². The number of aromatic carboxylic acids is 1. The summed E-state index contributed by atoms with van der Waals surface area (Å²) in [5.41, 5.74) is 0.513. The number of carbonyl (C=O) groups excluding carboxylic acids is 1. The van der Waals surface area contributed by atoms with Crippen molar-refractivity contribution < 1.29 is 14.7 Å². The summed E-state index contributed by atoms with van der Waals surface area (Å²) in [6.45, 7) is 0. The minimum absolute atomic E-state index is 0.000122. The summed E-state index contributed by atoms with van der Waals surface area (Å²) < 4.78 is 0.616. The molecule has 4 nitrogen and oxygen atoms in total. The van der Waals surface area contributed by atoms with Crippen LogP contribution < -0.4 is 5.32 Å². The van der Waals surface area contributed by atoms with Crippen molar-refractivity contribution in [3.63, 3.8) is 0 Å². The smallest absolute Gasteiger partial charge is 0.337 e. The predicted molar refractivity (Wildman–Crippen MR) is 92.3 cm³/mol. The lowest BCUT2D eigenvalue weighted by Gasteiger charge is -2.10. The minimum atomic E-state index is -1.12. The van der Waals surface area contributed by atoms with Crippen LogP contribution in [0.4, 0.5) is 5.69 Å². The second-order valence-electron chi connectivity index (χ2n) is 4.29. The number of carboxylic acids is 1. The number of amides is 1. The Hall–Kier alpha value is -1.50. The molecular formula is C15H11BrClNO3S. The van der Waals surface area contributed by atoms with Crippen LogP contribution in [0.5, 0.6) is 0 Å². The summed E-state index contributed by atoms with van der Waals surface area (Å²) in [6, 6.07) is 9.73. The van der Waals surface area contributed by atoms with E-state index in [4.69, 9.17) is 11.6 Å². The Bertz CT molecular complexity index is 752. The van der Waals surface area contributed by atoms with Gasteiger partial charge in [-0.15, -0.1) is 11.8 Å². The number of anilines is 1. The lowest BCUT2D eigenvalue weighted by molar-refractivity contribution is 0.0698. The largest absolute Gasteiger partial charge is 0.478 e. The van der Waals surface area contributed by atoms with Gasteiger partial charge in [0.1, 0.15) is 0 Å². The van der Waals surface area contributed by atoms with Crippen LogP contribution in [0.3, 0.4) is 0 Å². The number of thioether (sulfide) groups is 1. The van der Waals surface area contributed by atoms with E-state index < -0.39 is 11.9 Å². The number of halogens is 2. The fourth-order valence-corrected chi connectivity index (χ4v) is 2.80. The zero-order valence-electron chi connectivity index (χ0n) is 11.4. The zero-order chi connectivity index (χ0) is 16.3. The molecule has 0 saturated heterocycles. The normalized spacial score (nSPS) is 10.3. The van der Waals surface area contributed by atoms with Crippen molar-refractivity contribution >= 4 is 56.9 Å². The second-order valence-corrected chi connectivity index (χ2v) is 6.50. The van der Waals surface area contributed by atoms with Gasteiger partial charge in [-0.3, -0.25) is 4.79 Å². The molecule has 114 valence electrons. The lowest BCUT2D eigenvalue weighted by Crippen LogP contribution is -2.15. The van der Waals surface area contributed by atoms with Gasteiger partial charge in [0.2, 0.25) is 0 Å². The van der Waals surface area contributed by atoms with Gasteiger partial charge in [0, 0.05) is 9.37 Å². The molecule has 0 bridgehead atoms. The van der Waals surface area contributed by atoms with Crippen LogP contribution in [-0.4, -0.2) is 23.2 Å². The number of carboxylic acid groups (broad SMARTS) is 1. The Morgan fingerprint density at radius 2 is 1.91 bits per heavy atom. The van der Waals surface area contributed by atoms with Crippen LogP contribution >= 0.6 is 39.3 Å². The SMILES string of the molecule is CSc1ccc(Cl)c(C(=O)Nc2ccc(Br)cc2C(=O)O)c1. The quantitative estimate of drug-likeness (QED) is 0.725. The van der Waals surface area contributed by atoms with Crippen LogP contribution in [0.25, 0.3) is 0 Å². The van der Waals surface area contributed by atoms with Gasteiger partial charge in [0.25, 0.3) is 5.91 Å². The molecule has 0 atom stereocenters. The highest BCUT2D eigenvalue weighted by Gasteiger charge is 2.16. The molecule has 0 aliphatic rings. The predicted octanol–water partition coefficient (Wildman–Crippen LogP) is 4.77. The summed E-state index contributed by atoms with van der Waals surface area (Å²) in [6.07, 6.45) is 1.89. The first-order valence-electron chi connectivity index (χ1n) is 6.10. The molecule has 0 aromatic heterocycles. The fourth-order valence-electron chi connectivity index (χ4n) is 1.80. The van der Waals surface area contributed by atoms with E-state index >= 15 is 0 Å². The van der Waals surface area contributed by atoms with Crippen molar-refractivity contribution in [2.45, 2.75) is 4.90 Å². The Labute approximate surface area is 145 Å². The number of benzene rings is 2. The average molecular weight is 401 g/mol. The fraction of sp³-hybridized carbons (Fsp3) is 0.0667. The average Bonchev–Trinajstić information content (AvgIpc) is 2.49. The molecule has 0 spiro atoms. The molecule has 0 radical (unpaired) electrons. The standard InChI is InChI=1S/C15H11BrClNO3S/c1-22-9-3-4-12(17)10(7-9)14(19)18-13-5-2-8(16)6-11(13)15(20)21/h2-7H,1H3,(H,18,19)(H,20,21). The van der Waals surface area contributed by atoms with Crippen LogP contribution in [0.15, 0.2) is 45.8 Å². The second kappa shape index (κ2) is 7.17. The van der Waals surface area contributed by atoms with E-state index in [1.165, 1.54) is 23.9 Å². The summed E-state index contributed by atoms with van der Waals surface area (Å²) >= 11 is 10.7. The van der Waals surface area contributed by atoms with E-state index in [0.717, 1.165) is 4.90 Å². The number of hydrogen-bond donors (Lipinski definition) is 2. The molecule has 0 heterocycles. The molecule has 0 saturated carbocycles. The van der Waals surface area contributed by atoms with Crippen molar-refractivity contribution in [1.82, 2.24) is 0 Å². The number of nitrogens with one attached hydrogen (secondary N) is 1. The summed E-state index contributed by atoms with van der Waals surface area (Å²) in [7, 11) is 0. The number of carbonyl (C=O) groups is 2. The van der Waals surface area contributed by atoms with E-state index in [1.807, 2.05) is 12.3 Å². The molecule has 2 rings (SSSR count). The summed E-state index contributed by atoms with van der Waals surface area (Å²) in [4.78, 5) is 24.5. The molecule has 7 heteroatoms. The van der Waals surface area contributed by atoms with Gasteiger partial charge in [-0.1, -0.05) is 27.5 Å². The molecule has 0 aliphatic carbocycles. The number of hydrogen-bond acceptors (Lipinski definition) is 3. The maximum Gasteiger partial charge on any atom is 0.337 e. The minimum Gasteiger partial charge on any atom is -0.478 e. The van der Waals surface area contributed by atoms with E-state index in [9.17, 15) is 14.7 Å². The van der Waals surface area contributed by atoms with Crippen LogP contribution in [0.1, 0.15) is 20.7 Å². The number of rotatable bonds is 4. The molecular weight excluding hydrogens is 390 g/mol. The van der Waals surface area contributed by atoms with E-state index in [0.29, 0.717) is 15.1 Å². The molecule has 1 amide bonds. The highest BCUT2D eigenvalue weighted by atomic mass is 79.9. The van der Waals surface area contributed by atoms with Gasteiger partial charge in [-0.2, -0.15) is 0 Å². The molecule has 2 N–H and O–H groups in total. The molecule has 0 unspecified atom stereocenters.